The van der Waals surface area contributed by atoms with Crippen LogP contribution in [0, 0.1) is 11.3 Å². The van der Waals surface area contributed by atoms with Crippen LogP contribution in [-0.4, -0.2) is 48.3 Å². The number of aromatic nitrogens is 3. The average Bonchev–Trinajstić information content (AvgIpc) is 2.85. The number of rotatable bonds is 7. The van der Waals surface area contributed by atoms with E-state index in [-0.39, 0.29) is 11.8 Å². The summed E-state index contributed by atoms with van der Waals surface area (Å²) in [5.41, 5.74) is 2.69. The lowest BCUT2D eigenvalue weighted by molar-refractivity contribution is 0.166. The first-order chi connectivity index (χ1) is 15.7. The molecule has 4 rings (SSSR count). The van der Waals surface area contributed by atoms with Gasteiger partial charge in [-0.1, -0.05) is 12.1 Å². The lowest BCUT2D eigenvalue weighted by Gasteiger charge is -2.24. The summed E-state index contributed by atoms with van der Waals surface area (Å²) in [6.07, 6.45) is 5.32. The molecule has 9 nitrogen and oxygen atoms in total. The molecule has 0 spiro atoms. The lowest BCUT2D eigenvalue weighted by Crippen LogP contribution is -2.37. The predicted octanol–water partition coefficient (Wildman–Crippen LogP) is 3.33. The van der Waals surface area contributed by atoms with Crippen LogP contribution in [0.2, 0.25) is 0 Å². The van der Waals surface area contributed by atoms with Gasteiger partial charge in [0.15, 0.2) is 11.4 Å². The number of methoxy groups -OCH3 is 1. The van der Waals surface area contributed by atoms with Gasteiger partial charge in [-0.05, 0) is 37.1 Å². The molecule has 1 atom stereocenters. The van der Waals surface area contributed by atoms with Crippen LogP contribution >= 0.6 is 0 Å². The van der Waals surface area contributed by atoms with E-state index < -0.39 is 0 Å². The first-order valence-corrected chi connectivity index (χ1v) is 10.4. The highest BCUT2D eigenvalue weighted by Gasteiger charge is 2.18. The van der Waals surface area contributed by atoms with E-state index in [2.05, 4.69) is 37.0 Å². The van der Waals surface area contributed by atoms with Crippen LogP contribution < -0.4 is 25.4 Å². The van der Waals surface area contributed by atoms with Crippen molar-refractivity contribution in [1.29, 1.82) is 5.26 Å². The van der Waals surface area contributed by atoms with Crippen LogP contribution in [0.4, 0.5) is 17.5 Å². The second kappa shape index (κ2) is 9.94. The number of hydrogen-bond donors (Lipinski definition) is 3. The molecule has 3 heterocycles. The topological polar surface area (TPSA) is 117 Å². The van der Waals surface area contributed by atoms with Gasteiger partial charge in [0.1, 0.15) is 23.7 Å². The zero-order valence-electron chi connectivity index (χ0n) is 18.1. The normalized spacial score (nSPS) is 15.5. The maximum absolute atomic E-state index is 9.40. The minimum atomic E-state index is 0.0159. The van der Waals surface area contributed by atoms with Crippen LogP contribution in [0.3, 0.4) is 0 Å². The summed E-state index contributed by atoms with van der Waals surface area (Å²) in [7, 11) is 3.44. The van der Waals surface area contributed by atoms with Crippen molar-refractivity contribution in [3.63, 3.8) is 0 Å². The highest BCUT2D eigenvalue weighted by Crippen LogP contribution is 2.30. The summed E-state index contributed by atoms with van der Waals surface area (Å²) in [5.74, 6) is 2.28. The molecule has 164 valence electrons. The van der Waals surface area contributed by atoms with Crippen molar-refractivity contribution in [2.45, 2.75) is 18.9 Å². The Morgan fingerprint density at radius 2 is 2.12 bits per heavy atom. The van der Waals surface area contributed by atoms with Gasteiger partial charge < -0.3 is 25.4 Å². The summed E-state index contributed by atoms with van der Waals surface area (Å²) >= 11 is 0. The van der Waals surface area contributed by atoms with Gasteiger partial charge in [0.05, 0.1) is 19.0 Å². The average molecular weight is 432 g/mol. The first-order valence-electron chi connectivity index (χ1n) is 10.4. The van der Waals surface area contributed by atoms with Crippen molar-refractivity contribution in [3.8, 4) is 28.7 Å². The van der Waals surface area contributed by atoms with E-state index in [9.17, 15) is 5.26 Å². The fourth-order valence-corrected chi connectivity index (χ4v) is 3.55. The van der Waals surface area contributed by atoms with Crippen molar-refractivity contribution in [1.82, 2.24) is 20.3 Å². The molecule has 1 fully saturated rings. The number of nitriles is 1. The van der Waals surface area contributed by atoms with Gasteiger partial charge in [0.2, 0.25) is 5.95 Å². The Kier molecular flexibility index (Phi) is 6.63. The minimum Gasteiger partial charge on any atom is -0.497 e. The standard InChI is InChI=1S/C23H25N7O2/c1-25-22-19(15-5-3-6-17(9-15)31-2)14-28-23(30-22)29-16-10-21(20(11-24)27-12-16)32-18-7-4-8-26-13-18/h3,5-6,9-10,12,14,18,26H,4,7-8,13H2,1-2H3,(H2,25,28,29,30). The fourth-order valence-electron chi connectivity index (χ4n) is 3.55. The summed E-state index contributed by atoms with van der Waals surface area (Å²) < 4.78 is 11.4. The van der Waals surface area contributed by atoms with Gasteiger partial charge in [0.25, 0.3) is 0 Å². The van der Waals surface area contributed by atoms with Crippen molar-refractivity contribution >= 4 is 17.5 Å². The Labute approximate surface area is 186 Å². The molecular weight excluding hydrogens is 406 g/mol. The van der Waals surface area contributed by atoms with Crippen molar-refractivity contribution in [3.05, 3.63) is 48.4 Å². The Hall–Kier alpha value is -3.90. The second-order valence-corrected chi connectivity index (χ2v) is 7.33. The van der Waals surface area contributed by atoms with Crippen molar-refractivity contribution in [2.24, 2.45) is 0 Å². The highest BCUT2D eigenvalue weighted by atomic mass is 16.5. The molecule has 0 aliphatic carbocycles. The van der Waals surface area contributed by atoms with Gasteiger partial charge in [-0.2, -0.15) is 10.2 Å². The number of pyridine rings is 1. The van der Waals surface area contributed by atoms with Crippen LogP contribution in [-0.2, 0) is 0 Å². The smallest absolute Gasteiger partial charge is 0.229 e. The number of hydrogen-bond acceptors (Lipinski definition) is 9. The molecule has 0 saturated carbocycles. The molecular formula is C23H25N7O2. The molecule has 32 heavy (non-hydrogen) atoms. The maximum atomic E-state index is 9.40. The molecule has 2 aromatic heterocycles. The largest absolute Gasteiger partial charge is 0.497 e. The summed E-state index contributed by atoms with van der Waals surface area (Å²) in [4.78, 5) is 13.3. The molecule has 1 aliphatic rings. The third-order valence-corrected chi connectivity index (χ3v) is 5.17. The molecule has 0 amide bonds. The molecule has 1 aromatic carbocycles. The molecule has 3 aromatic rings. The number of nitrogens with one attached hydrogen (secondary N) is 3. The van der Waals surface area contributed by atoms with E-state index in [4.69, 9.17) is 9.47 Å². The molecule has 3 N–H and O–H groups in total. The number of benzene rings is 1. The monoisotopic (exact) mass is 431 g/mol. The molecule has 1 unspecified atom stereocenters. The molecule has 1 saturated heterocycles. The van der Waals surface area contributed by atoms with E-state index in [1.165, 1.54) is 0 Å². The number of anilines is 3. The fraction of sp³-hybridized carbons (Fsp3) is 0.304. The lowest BCUT2D eigenvalue weighted by atomic mass is 10.1. The van der Waals surface area contributed by atoms with Gasteiger partial charge in [0, 0.05) is 31.4 Å². The number of ether oxygens (including phenoxy) is 2. The highest BCUT2D eigenvalue weighted by molar-refractivity contribution is 5.76. The molecule has 0 radical (unpaired) electrons. The van der Waals surface area contributed by atoms with Crippen LogP contribution in [0.1, 0.15) is 18.5 Å². The van der Waals surface area contributed by atoms with Gasteiger partial charge in [-0.25, -0.2) is 9.97 Å². The predicted molar refractivity (Wildman–Crippen MR) is 122 cm³/mol. The van der Waals surface area contributed by atoms with Gasteiger partial charge in [-0.15, -0.1) is 0 Å². The zero-order valence-corrected chi connectivity index (χ0v) is 18.1. The third-order valence-electron chi connectivity index (χ3n) is 5.17. The van der Waals surface area contributed by atoms with Crippen LogP contribution in [0.25, 0.3) is 11.1 Å². The SMILES string of the molecule is CNc1nc(Nc2cnc(C#N)c(OC3CCCNC3)c2)ncc1-c1cccc(OC)c1. The molecule has 0 bridgehead atoms. The maximum Gasteiger partial charge on any atom is 0.229 e. The molecule has 1 aliphatic heterocycles. The number of piperidine rings is 1. The van der Waals surface area contributed by atoms with Gasteiger partial charge >= 0.3 is 0 Å². The summed E-state index contributed by atoms with van der Waals surface area (Å²) in [6.45, 7) is 1.74. The molecule has 9 heteroatoms. The minimum absolute atomic E-state index is 0.0159. The summed E-state index contributed by atoms with van der Waals surface area (Å²) in [6, 6.07) is 11.6. The quantitative estimate of drug-likeness (QED) is 0.518. The zero-order chi connectivity index (χ0) is 22.3. The number of nitrogens with zero attached hydrogens (tertiary/aromatic N) is 4. The van der Waals surface area contributed by atoms with E-state index >= 15 is 0 Å². The second-order valence-electron chi connectivity index (χ2n) is 7.33. The van der Waals surface area contributed by atoms with Gasteiger partial charge in [-0.3, -0.25) is 0 Å². The third kappa shape index (κ3) is 4.87. The first kappa shape index (κ1) is 21.3. The Morgan fingerprint density at radius 1 is 1.22 bits per heavy atom. The van der Waals surface area contributed by atoms with E-state index in [1.54, 1.807) is 25.6 Å². The Balaban J connectivity index is 1.57. The van der Waals surface area contributed by atoms with E-state index in [1.807, 2.05) is 31.3 Å². The van der Waals surface area contributed by atoms with E-state index in [0.29, 0.717) is 23.2 Å². The summed E-state index contributed by atoms with van der Waals surface area (Å²) in [5, 5.41) is 19.0. The Bertz CT molecular complexity index is 1120. The van der Waals surface area contributed by atoms with Crippen LogP contribution in [0.5, 0.6) is 11.5 Å². The van der Waals surface area contributed by atoms with Crippen LogP contribution in [0.15, 0.2) is 42.7 Å². The van der Waals surface area contributed by atoms with Crippen molar-refractivity contribution in [2.75, 3.05) is 37.9 Å². The van der Waals surface area contributed by atoms with Crippen molar-refractivity contribution < 1.29 is 9.47 Å². The Morgan fingerprint density at radius 3 is 2.88 bits per heavy atom. The van der Waals surface area contributed by atoms with E-state index in [0.717, 1.165) is 42.8 Å².